The Hall–Kier alpha value is -0.610. The molecular formula is C10H16N2O2. The number of carbonyl (C=O) groups excluding carboxylic acids is 1. The fourth-order valence-electron chi connectivity index (χ4n) is 3.05. The maximum atomic E-state index is 10.9. The number of carbonyl (C=O) groups is 1. The van der Waals surface area contributed by atoms with Crippen LogP contribution < -0.4 is 10.6 Å². The van der Waals surface area contributed by atoms with Crippen molar-refractivity contribution in [1.29, 1.82) is 0 Å². The number of aliphatic hydroxyl groups is 1. The van der Waals surface area contributed by atoms with Crippen molar-refractivity contribution < 1.29 is 9.90 Å². The first-order chi connectivity index (χ1) is 6.75. The Labute approximate surface area is 83.1 Å². The van der Waals surface area contributed by atoms with E-state index < -0.39 is 0 Å². The molecule has 1 saturated heterocycles. The third-order valence-corrected chi connectivity index (χ3v) is 3.99. The highest BCUT2D eigenvalue weighted by Crippen LogP contribution is 2.55. The number of fused-ring (bicyclic) bond motifs is 1. The lowest BCUT2D eigenvalue weighted by Gasteiger charge is -2.32. The normalized spacial score (nSPS) is 51.2. The molecule has 0 spiro atoms. The summed E-state index contributed by atoms with van der Waals surface area (Å²) in [5.41, 5.74) is 0. The van der Waals surface area contributed by atoms with Gasteiger partial charge in [0.25, 0.3) is 0 Å². The number of rotatable bonds is 1. The summed E-state index contributed by atoms with van der Waals surface area (Å²) in [4.78, 5) is 10.9. The Morgan fingerprint density at radius 2 is 2.07 bits per heavy atom. The van der Waals surface area contributed by atoms with Crippen LogP contribution in [-0.4, -0.2) is 36.2 Å². The fraction of sp³-hybridized carbons (Fsp3) is 0.900. The van der Waals surface area contributed by atoms with E-state index in [0.717, 1.165) is 12.3 Å². The molecule has 0 bridgehead atoms. The van der Waals surface area contributed by atoms with Gasteiger partial charge >= 0.3 is 0 Å². The van der Waals surface area contributed by atoms with Crippen molar-refractivity contribution in [1.82, 2.24) is 10.6 Å². The standard InChI is InChI=1S/C10H16N2O2/c13-9-4-11-8(3-12-9)7-2-5-1-6(5)10(7)14/h5-8,10-11,14H,1-4H2,(H,12,13)/t5-,6-,7+,8?,10-/m0/s1. The van der Waals surface area contributed by atoms with Crippen LogP contribution in [0.5, 0.6) is 0 Å². The molecule has 0 aromatic rings. The number of hydrogen-bond acceptors (Lipinski definition) is 3. The van der Waals surface area contributed by atoms with Gasteiger partial charge in [0.05, 0.1) is 12.6 Å². The third-order valence-electron chi connectivity index (χ3n) is 3.99. The first-order valence-corrected chi connectivity index (χ1v) is 5.44. The topological polar surface area (TPSA) is 61.4 Å². The van der Waals surface area contributed by atoms with E-state index in [2.05, 4.69) is 10.6 Å². The molecule has 5 atom stereocenters. The Morgan fingerprint density at radius 1 is 1.29 bits per heavy atom. The van der Waals surface area contributed by atoms with Crippen LogP contribution in [0.15, 0.2) is 0 Å². The first-order valence-electron chi connectivity index (χ1n) is 5.44. The van der Waals surface area contributed by atoms with Gasteiger partial charge in [-0.1, -0.05) is 0 Å². The Bertz CT molecular complexity index is 259. The maximum absolute atomic E-state index is 10.9. The van der Waals surface area contributed by atoms with Crippen LogP contribution in [0.25, 0.3) is 0 Å². The molecule has 0 radical (unpaired) electrons. The minimum absolute atomic E-state index is 0.0684. The van der Waals surface area contributed by atoms with Gasteiger partial charge in [-0.3, -0.25) is 4.79 Å². The number of nitrogens with one attached hydrogen (secondary N) is 2. The summed E-state index contributed by atoms with van der Waals surface area (Å²) in [6, 6.07) is 0.287. The molecule has 0 aromatic heterocycles. The van der Waals surface area contributed by atoms with E-state index in [1.807, 2.05) is 0 Å². The van der Waals surface area contributed by atoms with Gasteiger partial charge in [0.15, 0.2) is 0 Å². The molecule has 3 rings (SSSR count). The van der Waals surface area contributed by atoms with E-state index in [1.165, 1.54) is 6.42 Å². The van der Waals surface area contributed by atoms with Crippen LogP contribution >= 0.6 is 0 Å². The minimum Gasteiger partial charge on any atom is -0.392 e. The van der Waals surface area contributed by atoms with E-state index in [1.54, 1.807) is 0 Å². The SMILES string of the molecule is O=C1CNC([C@H]2C[C@@H]3C[C@@H]3[C@@H]2O)CN1. The molecule has 2 saturated carbocycles. The Balaban J connectivity index is 1.63. The minimum atomic E-state index is -0.132. The lowest BCUT2D eigenvalue weighted by atomic mass is 9.91. The van der Waals surface area contributed by atoms with Crippen molar-refractivity contribution in [3.63, 3.8) is 0 Å². The lowest BCUT2D eigenvalue weighted by molar-refractivity contribution is -0.122. The monoisotopic (exact) mass is 196 g/mol. The van der Waals surface area contributed by atoms with Crippen LogP contribution in [0.2, 0.25) is 0 Å². The molecule has 1 aliphatic heterocycles. The molecule has 1 unspecified atom stereocenters. The zero-order chi connectivity index (χ0) is 9.71. The highest BCUT2D eigenvalue weighted by Gasteiger charge is 2.54. The van der Waals surface area contributed by atoms with E-state index in [9.17, 15) is 9.90 Å². The summed E-state index contributed by atoms with van der Waals surface area (Å²) in [7, 11) is 0. The number of aliphatic hydroxyl groups excluding tert-OH is 1. The second-order valence-electron chi connectivity index (χ2n) is 4.84. The van der Waals surface area contributed by atoms with E-state index in [0.29, 0.717) is 24.9 Å². The average molecular weight is 196 g/mol. The Kier molecular flexibility index (Phi) is 1.82. The predicted molar refractivity (Wildman–Crippen MR) is 50.5 cm³/mol. The van der Waals surface area contributed by atoms with Gasteiger partial charge < -0.3 is 15.7 Å². The molecule has 4 heteroatoms. The van der Waals surface area contributed by atoms with Crippen LogP contribution in [0.4, 0.5) is 0 Å². The second kappa shape index (κ2) is 2.94. The molecule has 1 heterocycles. The van der Waals surface area contributed by atoms with Crippen molar-refractivity contribution in [3.05, 3.63) is 0 Å². The molecule has 14 heavy (non-hydrogen) atoms. The van der Waals surface area contributed by atoms with Crippen LogP contribution in [-0.2, 0) is 4.79 Å². The highest BCUT2D eigenvalue weighted by molar-refractivity contribution is 5.78. The summed E-state index contributed by atoms with van der Waals surface area (Å²) < 4.78 is 0. The predicted octanol–water partition coefficient (Wildman–Crippen LogP) is -0.909. The molecule has 1 amide bonds. The molecule has 78 valence electrons. The highest BCUT2D eigenvalue weighted by atomic mass is 16.3. The summed E-state index contributed by atoms with van der Waals surface area (Å²) in [5, 5.41) is 16.0. The smallest absolute Gasteiger partial charge is 0.234 e. The largest absolute Gasteiger partial charge is 0.392 e. The van der Waals surface area contributed by atoms with Crippen LogP contribution in [0, 0.1) is 17.8 Å². The van der Waals surface area contributed by atoms with Crippen molar-refractivity contribution in [2.75, 3.05) is 13.1 Å². The summed E-state index contributed by atoms with van der Waals surface area (Å²) in [6.45, 7) is 1.09. The number of piperazine rings is 1. The summed E-state index contributed by atoms with van der Waals surface area (Å²) in [6.07, 6.45) is 2.23. The van der Waals surface area contributed by atoms with E-state index in [-0.39, 0.29) is 18.1 Å². The number of hydrogen-bond donors (Lipinski definition) is 3. The van der Waals surface area contributed by atoms with Gasteiger partial charge in [0.1, 0.15) is 0 Å². The zero-order valence-electron chi connectivity index (χ0n) is 8.07. The summed E-state index contributed by atoms with van der Waals surface area (Å²) in [5.74, 6) is 1.77. The molecular weight excluding hydrogens is 180 g/mol. The van der Waals surface area contributed by atoms with Crippen LogP contribution in [0.3, 0.4) is 0 Å². The van der Waals surface area contributed by atoms with Crippen molar-refractivity contribution >= 4 is 5.91 Å². The molecule has 3 aliphatic rings. The van der Waals surface area contributed by atoms with Gasteiger partial charge in [-0.25, -0.2) is 0 Å². The van der Waals surface area contributed by atoms with Crippen molar-refractivity contribution in [2.45, 2.75) is 25.0 Å². The molecule has 2 aliphatic carbocycles. The lowest BCUT2D eigenvalue weighted by Crippen LogP contribution is -2.56. The van der Waals surface area contributed by atoms with Crippen LogP contribution in [0.1, 0.15) is 12.8 Å². The maximum Gasteiger partial charge on any atom is 0.234 e. The molecule has 3 N–H and O–H groups in total. The molecule has 0 aromatic carbocycles. The van der Waals surface area contributed by atoms with Gasteiger partial charge in [-0.2, -0.15) is 0 Å². The molecule has 3 fully saturated rings. The zero-order valence-corrected chi connectivity index (χ0v) is 8.07. The van der Waals surface area contributed by atoms with Crippen molar-refractivity contribution in [3.8, 4) is 0 Å². The summed E-state index contributed by atoms with van der Waals surface area (Å²) >= 11 is 0. The van der Waals surface area contributed by atoms with Gasteiger partial charge in [0, 0.05) is 18.5 Å². The van der Waals surface area contributed by atoms with Gasteiger partial charge in [-0.15, -0.1) is 0 Å². The van der Waals surface area contributed by atoms with E-state index >= 15 is 0 Å². The van der Waals surface area contributed by atoms with Gasteiger partial charge in [0.2, 0.25) is 5.91 Å². The number of amides is 1. The Morgan fingerprint density at radius 3 is 2.64 bits per heavy atom. The quantitative estimate of drug-likeness (QED) is 0.509. The average Bonchev–Trinajstić information content (AvgIpc) is 2.88. The van der Waals surface area contributed by atoms with E-state index in [4.69, 9.17) is 0 Å². The fourth-order valence-corrected chi connectivity index (χ4v) is 3.05. The van der Waals surface area contributed by atoms with Crippen molar-refractivity contribution in [2.24, 2.45) is 17.8 Å². The third kappa shape index (κ3) is 1.25. The molecule has 4 nitrogen and oxygen atoms in total. The first kappa shape index (κ1) is 8.68. The van der Waals surface area contributed by atoms with Gasteiger partial charge in [-0.05, 0) is 24.7 Å². The second-order valence-corrected chi connectivity index (χ2v) is 4.84.